The Morgan fingerprint density at radius 1 is 0.556 bits per heavy atom. The van der Waals surface area contributed by atoms with Crippen molar-refractivity contribution in [3.05, 3.63) is 0 Å². The summed E-state index contributed by atoms with van der Waals surface area (Å²) in [4.78, 5) is 2.44. The molecule has 0 fully saturated rings. The molecule has 0 saturated heterocycles. The molecule has 3 nitrogen and oxygen atoms in total. The van der Waals surface area contributed by atoms with Crippen molar-refractivity contribution < 1.29 is 0 Å². The van der Waals surface area contributed by atoms with Crippen LogP contribution in [0.15, 0.2) is 0 Å². The first kappa shape index (κ1) is 27.2. The minimum absolute atomic E-state index is 0.913. The van der Waals surface area contributed by atoms with Gasteiger partial charge in [-0.05, 0) is 44.3 Å². The van der Waals surface area contributed by atoms with E-state index < -0.39 is 0 Å². The van der Waals surface area contributed by atoms with Crippen molar-refractivity contribution in [3.8, 4) is 0 Å². The molecule has 0 saturated carbocycles. The lowest BCUT2D eigenvalue weighted by Gasteiger charge is -2.20. The summed E-state index contributed by atoms with van der Waals surface area (Å²) in [6, 6.07) is 0. The molecular weight excluding hydrogens is 354 g/mol. The van der Waals surface area contributed by atoms with Crippen LogP contribution in [0.25, 0.3) is 0 Å². The highest BCUT2D eigenvalue weighted by molar-refractivity contribution is 6.12. The van der Waals surface area contributed by atoms with Crippen molar-refractivity contribution in [1.82, 2.24) is 14.9 Å². The van der Waals surface area contributed by atoms with E-state index in [-0.39, 0.29) is 0 Å². The largest absolute Gasteiger partial charge is 0.304 e. The summed E-state index contributed by atoms with van der Waals surface area (Å²) in [5.41, 5.74) is 3.32. The van der Waals surface area contributed by atoms with Gasteiger partial charge in [0.05, 0.1) is 0 Å². The standard InChI is InChI=1S/C23H50ClN3/c1-4-7-8-9-10-11-12-13-14-15-16-17-18-19-21-25-27(24)23-20-22-26(5-2)6-3/h25H,4-23H2,1-3H3. The molecule has 27 heavy (non-hydrogen) atoms. The van der Waals surface area contributed by atoms with Gasteiger partial charge in [0.1, 0.15) is 0 Å². The van der Waals surface area contributed by atoms with E-state index in [4.69, 9.17) is 11.8 Å². The van der Waals surface area contributed by atoms with Crippen LogP contribution in [0.4, 0.5) is 0 Å². The Morgan fingerprint density at radius 2 is 1.00 bits per heavy atom. The summed E-state index contributed by atoms with van der Waals surface area (Å²) in [5.74, 6) is 0. The highest BCUT2D eigenvalue weighted by atomic mass is 35.5. The van der Waals surface area contributed by atoms with E-state index in [9.17, 15) is 0 Å². The Bertz CT molecular complexity index is 272. The van der Waals surface area contributed by atoms with Gasteiger partial charge in [0, 0.05) is 13.1 Å². The third-order valence-electron chi connectivity index (χ3n) is 5.54. The van der Waals surface area contributed by atoms with Gasteiger partial charge in [-0.25, -0.2) is 5.43 Å². The highest BCUT2D eigenvalue weighted by Gasteiger charge is 2.02. The Kier molecular flexibility index (Phi) is 22.6. The van der Waals surface area contributed by atoms with Gasteiger partial charge in [-0.1, -0.05) is 104 Å². The molecule has 0 aliphatic heterocycles. The fraction of sp³-hybridized carbons (Fsp3) is 1.00. The molecule has 4 heteroatoms. The van der Waals surface area contributed by atoms with Crippen molar-refractivity contribution in [2.75, 3.05) is 32.7 Å². The van der Waals surface area contributed by atoms with E-state index in [0.29, 0.717) is 0 Å². The number of hydrazine groups is 1. The second-order valence-corrected chi connectivity index (χ2v) is 8.38. The van der Waals surface area contributed by atoms with Crippen molar-refractivity contribution in [2.24, 2.45) is 0 Å². The summed E-state index contributed by atoms with van der Waals surface area (Å²) < 4.78 is 1.76. The van der Waals surface area contributed by atoms with Crippen LogP contribution in [-0.4, -0.2) is 42.2 Å². The van der Waals surface area contributed by atoms with E-state index in [1.165, 1.54) is 89.9 Å². The fourth-order valence-electron chi connectivity index (χ4n) is 3.57. The Labute approximate surface area is 176 Å². The summed E-state index contributed by atoms with van der Waals surface area (Å²) >= 11 is 6.21. The molecule has 164 valence electrons. The van der Waals surface area contributed by atoms with E-state index in [2.05, 4.69) is 31.1 Å². The van der Waals surface area contributed by atoms with Gasteiger partial charge < -0.3 is 4.90 Å². The van der Waals surface area contributed by atoms with Crippen LogP contribution in [0.5, 0.6) is 0 Å². The lowest BCUT2D eigenvalue weighted by molar-refractivity contribution is 0.265. The average molecular weight is 404 g/mol. The second-order valence-electron chi connectivity index (χ2n) is 7.97. The van der Waals surface area contributed by atoms with E-state index in [1.54, 1.807) is 4.53 Å². The first-order valence-electron chi connectivity index (χ1n) is 12.1. The van der Waals surface area contributed by atoms with Gasteiger partial charge in [-0.2, -0.15) is 4.53 Å². The highest BCUT2D eigenvalue weighted by Crippen LogP contribution is 2.12. The minimum Gasteiger partial charge on any atom is -0.304 e. The van der Waals surface area contributed by atoms with Crippen LogP contribution in [0.1, 0.15) is 117 Å². The average Bonchev–Trinajstić information content (AvgIpc) is 2.68. The zero-order chi connectivity index (χ0) is 20.0. The number of nitrogens with zero attached hydrogens (tertiary/aromatic N) is 2. The summed E-state index contributed by atoms with van der Waals surface area (Å²) in [6.45, 7) is 12.0. The van der Waals surface area contributed by atoms with Gasteiger partial charge in [0.2, 0.25) is 0 Å². The predicted molar refractivity (Wildman–Crippen MR) is 123 cm³/mol. The molecule has 0 spiro atoms. The first-order chi connectivity index (χ1) is 13.2. The molecule has 0 aromatic carbocycles. The molecule has 0 radical (unpaired) electrons. The van der Waals surface area contributed by atoms with Gasteiger partial charge in [0.15, 0.2) is 0 Å². The first-order valence-corrected chi connectivity index (χ1v) is 12.5. The Balaban J connectivity index is 3.17. The number of rotatable bonds is 22. The summed E-state index contributed by atoms with van der Waals surface area (Å²) in [7, 11) is 0. The molecule has 0 aromatic rings. The van der Waals surface area contributed by atoms with E-state index in [1.807, 2.05) is 0 Å². The maximum absolute atomic E-state index is 6.21. The SMILES string of the molecule is CCCCCCCCCCCCCCCCNN(Cl)CCCN(CC)CC. The molecular formula is C23H50ClN3. The van der Waals surface area contributed by atoms with Crippen molar-refractivity contribution >= 4 is 11.8 Å². The van der Waals surface area contributed by atoms with Crippen LogP contribution < -0.4 is 5.43 Å². The van der Waals surface area contributed by atoms with Crippen LogP contribution in [0.2, 0.25) is 0 Å². The fourth-order valence-corrected chi connectivity index (χ4v) is 3.78. The van der Waals surface area contributed by atoms with E-state index >= 15 is 0 Å². The molecule has 0 atom stereocenters. The van der Waals surface area contributed by atoms with Crippen LogP contribution in [0.3, 0.4) is 0 Å². The number of unbranched alkanes of at least 4 members (excludes halogenated alkanes) is 13. The topological polar surface area (TPSA) is 18.5 Å². The van der Waals surface area contributed by atoms with Gasteiger partial charge in [-0.15, -0.1) is 0 Å². The number of hydrogen-bond acceptors (Lipinski definition) is 3. The lowest BCUT2D eigenvalue weighted by atomic mass is 10.0. The molecule has 1 N–H and O–H groups in total. The molecule has 0 aromatic heterocycles. The summed E-state index contributed by atoms with van der Waals surface area (Å²) in [6.07, 6.45) is 20.8. The minimum atomic E-state index is 0.913. The lowest BCUT2D eigenvalue weighted by Crippen LogP contribution is -2.33. The van der Waals surface area contributed by atoms with Crippen molar-refractivity contribution in [1.29, 1.82) is 0 Å². The normalized spacial score (nSPS) is 11.8. The molecule has 0 aliphatic carbocycles. The van der Waals surface area contributed by atoms with E-state index in [0.717, 1.165) is 39.1 Å². The number of hydrogen-bond donors (Lipinski definition) is 1. The molecule has 0 bridgehead atoms. The molecule has 0 aliphatic rings. The van der Waals surface area contributed by atoms with Crippen molar-refractivity contribution in [3.63, 3.8) is 0 Å². The second kappa shape index (κ2) is 22.5. The van der Waals surface area contributed by atoms with Crippen molar-refractivity contribution in [2.45, 2.75) is 117 Å². The Hall–Kier alpha value is 0.170. The predicted octanol–water partition coefficient (Wildman–Crippen LogP) is 7.16. The number of nitrogens with one attached hydrogen (secondary N) is 1. The van der Waals surface area contributed by atoms with Gasteiger partial charge >= 0.3 is 0 Å². The third kappa shape index (κ3) is 20.7. The molecule has 0 unspecified atom stereocenters. The zero-order valence-electron chi connectivity index (χ0n) is 18.9. The zero-order valence-corrected chi connectivity index (χ0v) is 19.7. The molecule has 0 amide bonds. The number of halogens is 1. The van der Waals surface area contributed by atoms with Gasteiger partial charge in [0.25, 0.3) is 0 Å². The summed E-state index contributed by atoms with van der Waals surface area (Å²) in [5, 5.41) is 0. The Morgan fingerprint density at radius 3 is 1.44 bits per heavy atom. The van der Waals surface area contributed by atoms with Crippen LogP contribution in [0, 0.1) is 0 Å². The maximum Gasteiger partial charge on any atom is 0.0308 e. The van der Waals surface area contributed by atoms with Crippen LogP contribution >= 0.6 is 11.8 Å². The third-order valence-corrected chi connectivity index (χ3v) is 5.83. The molecule has 0 rings (SSSR count). The quantitative estimate of drug-likeness (QED) is 0.117. The maximum atomic E-state index is 6.21. The smallest absolute Gasteiger partial charge is 0.0308 e. The monoisotopic (exact) mass is 403 g/mol. The molecule has 0 heterocycles. The van der Waals surface area contributed by atoms with Crippen LogP contribution in [-0.2, 0) is 0 Å². The van der Waals surface area contributed by atoms with Gasteiger partial charge in [-0.3, -0.25) is 0 Å².